The first-order valence-electron chi connectivity index (χ1n) is 5.66. The van der Waals surface area contributed by atoms with Crippen molar-refractivity contribution in [3.8, 4) is 5.75 Å². The van der Waals surface area contributed by atoms with Crippen LogP contribution < -0.4 is 4.74 Å². The monoisotopic (exact) mass is 368 g/mol. The molecule has 94 valence electrons. The second kappa shape index (κ2) is 5.89. The molecule has 0 aromatic heterocycles. The summed E-state index contributed by atoms with van der Waals surface area (Å²) in [6.45, 7) is 2.13. The van der Waals surface area contributed by atoms with Gasteiger partial charge in [0, 0.05) is 0 Å². The van der Waals surface area contributed by atoms with E-state index in [1.807, 2.05) is 6.07 Å². The lowest BCUT2D eigenvalue weighted by Gasteiger charge is -2.14. The van der Waals surface area contributed by atoms with Gasteiger partial charge in [0.1, 0.15) is 5.75 Å². The molecule has 0 heterocycles. The zero-order chi connectivity index (χ0) is 13.1. The molecule has 0 aliphatic carbocycles. The van der Waals surface area contributed by atoms with Crippen LogP contribution in [0.25, 0.3) is 0 Å². The molecule has 0 radical (unpaired) electrons. The molecule has 18 heavy (non-hydrogen) atoms. The maximum Gasteiger partial charge on any atom is 0.133 e. The Kier molecular flexibility index (Phi) is 4.46. The third kappa shape index (κ3) is 2.78. The zero-order valence-electron chi connectivity index (χ0n) is 10.3. The average molecular weight is 370 g/mol. The maximum absolute atomic E-state index is 5.25. The summed E-state index contributed by atoms with van der Waals surface area (Å²) >= 11 is 7.28. The first kappa shape index (κ1) is 13.6. The molecule has 0 bridgehead atoms. The second-order valence-electron chi connectivity index (χ2n) is 4.11. The van der Waals surface area contributed by atoms with Crippen LogP contribution in [-0.4, -0.2) is 7.11 Å². The van der Waals surface area contributed by atoms with Gasteiger partial charge in [-0.05, 0) is 51.7 Å². The number of benzene rings is 2. The van der Waals surface area contributed by atoms with Crippen LogP contribution in [0.2, 0.25) is 0 Å². The van der Waals surface area contributed by atoms with Crippen LogP contribution in [0.5, 0.6) is 5.75 Å². The SMILES string of the molecule is COc1ccc(C(Br)c2ccccc2C)cc1Br. The summed E-state index contributed by atoms with van der Waals surface area (Å²) in [5.41, 5.74) is 3.78. The first-order valence-corrected chi connectivity index (χ1v) is 7.37. The Morgan fingerprint density at radius 2 is 1.83 bits per heavy atom. The summed E-state index contributed by atoms with van der Waals surface area (Å²) in [4.78, 5) is 0.195. The number of methoxy groups -OCH3 is 1. The summed E-state index contributed by atoms with van der Waals surface area (Å²) in [5, 5.41) is 0. The molecule has 0 saturated carbocycles. The van der Waals surface area contributed by atoms with Gasteiger partial charge in [-0.25, -0.2) is 0 Å². The van der Waals surface area contributed by atoms with Crippen LogP contribution in [-0.2, 0) is 0 Å². The Balaban J connectivity index is 2.37. The standard InChI is InChI=1S/C15H14Br2O/c1-10-5-3-4-6-12(10)15(17)11-7-8-14(18-2)13(16)9-11/h3-9,15H,1-2H3. The summed E-state index contributed by atoms with van der Waals surface area (Å²) in [6, 6.07) is 14.5. The van der Waals surface area contributed by atoms with Crippen LogP contribution in [0.3, 0.4) is 0 Å². The van der Waals surface area contributed by atoms with E-state index in [-0.39, 0.29) is 4.83 Å². The van der Waals surface area contributed by atoms with Crippen molar-refractivity contribution < 1.29 is 4.74 Å². The molecule has 0 amide bonds. The number of alkyl halides is 1. The third-order valence-corrected chi connectivity index (χ3v) is 4.57. The lowest BCUT2D eigenvalue weighted by Crippen LogP contribution is -1.96. The van der Waals surface area contributed by atoms with Gasteiger partial charge in [0.25, 0.3) is 0 Å². The molecular formula is C15H14Br2O. The minimum atomic E-state index is 0.195. The molecule has 1 nitrogen and oxygen atoms in total. The third-order valence-electron chi connectivity index (χ3n) is 2.93. The summed E-state index contributed by atoms with van der Waals surface area (Å²) < 4.78 is 6.22. The molecule has 0 N–H and O–H groups in total. The molecule has 0 aliphatic heterocycles. The van der Waals surface area contributed by atoms with Gasteiger partial charge in [-0.1, -0.05) is 46.3 Å². The Bertz CT molecular complexity index is 552. The van der Waals surface area contributed by atoms with E-state index in [0.717, 1.165) is 10.2 Å². The summed E-state index contributed by atoms with van der Waals surface area (Å²) in [5.74, 6) is 0.850. The van der Waals surface area contributed by atoms with Crippen molar-refractivity contribution in [2.24, 2.45) is 0 Å². The molecule has 2 aromatic carbocycles. The molecule has 0 aliphatic rings. The van der Waals surface area contributed by atoms with Gasteiger partial charge in [-0.2, -0.15) is 0 Å². The largest absolute Gasteiger partial charge is 0.496 e. The van der Waals surface area contributed by atoms with E-state index >= 15 is 0 Å². The van der Waals surface area contributed by atoms with Crippen LogP contribution >= 0.6 is 31.9 Å². The second-order valence-corrected chi connectivity index (χ2v) is 5.88. The predicted octanol–water partition coefficient (Wildman–Crippen LogP) is 5.25. The zero-order valence-corrected chi connectivity index (χ0v) is 13.5. The lowest BCUT2D eigenvalue weighted by atomic mass is 10.0. The van der Waals surface area contributed by atoms with Gasteiger partial charge in [0.2, 0.25) is 0 Å². The smallest absolute Gasteiger partial charge is 0.133 e. The number of halogens is 2. The average Bonchev–Trinajstić information content (AvgIpc) is 2.38. The topological polar surface area (TPSA) is 9.23 Å². The fourth-order valence-corrected chi connectivity index (χ4v) is 3.25. The molecule has 0 spiro atoms. The highest BCUT2D eigenvalue weighted by Gasteiger charge is 2.13. The highest BCUT2D eigenvalue weighted by Crippen LogP contribution is 2.36. The van der Waals surface area contributed by atoms with E-state index in [1.54, 1.807) is 7.11 Å². The fourth-order valence-electron chi connectivity index (χ4n) is 1.89. The number of ether oxygens (including phenoxy) is 1. The molecular weight excluding hydrogens is 356 g/mol. The maximum atomic E-state index is 5.25. The minimum Gasteiger partial charge on any atom is -0.496 e. The number of aryl methyl sites for hydroxylation is 1. The van der Waals surface area contributed by atoms with Crippen molar-refractivity contribution in [3.05, 3.63) is 63.6 Å². The van der Waals surface area contributed by atoms with Gasteiger partial charge < -0.3 is 4.74 Å². The van der Waals surface area contributed by atoms with Gasteiger partial charge in [0.15, 0.2) is 0 Å². The van der Waals surface area contributed by atoms with E-state index in [4.69, 9.17) is 4.74 Å². The van der Waals surface area contributed by atoms with Gasteiger partial charge in [-0.15, -0.1) is 0 Å². The van der Waals surface area contributed by atoms with Gasteiger partial charge >= 0.3 is 0 Å². The summed E-state index contributed by atoms with van der Waals surface area (Å²) in [7, 11) is 1.67. The molecule has 0 saturated heterocycles. The van der Waals surface area contributed by atoms with Crippen molar-refractivity contribution in [2.75, 3.05) is 7.11 Å². The quantitative estimate of drug-likeness (QED) is 0.671. The Labute approximate surface area is 124 Å². The molecule has 2 rings (SSSR count). The Hall–Kier alpha value is -0.800. The van der Waals surface area contributed by atoms with Crippen molar-refractivity contribution >= 4 is 31.9 Å². The molecule has 0 fully saturated rings. The lowest BCUT2D eigenvalue weighted by molar-refractivity contribution is 0.412. The van der Waals surface area contributed by atoms with E-state index in [1.165, 1.54) is 16.7 Å². The first-order chi connectivity index (χ1) is 8.63. The minimum absolute atomic E-state index is 0.195. The van der Waals surface area contributed by atoms with Crippen molar-refractivity contribution in [1.29, 1.82) is 0 Å². The Morgan fingerprint density at radius 1 is 1.11 bits per heavy atom. The van der Waals surface area contributed by atoms with Crippen LogP contribution in [0.15, 0.2) is 46.9 Å². The van der Waals surface area contributed by atoms with E-state index in [0.29, 0.717) is 0 Å². The predicted molar refractivity (Wildman–Crippen MR) is 82.6 cm³/mol. The van der Waals surface area contributed by atoms with Gasteiger partial charge in [0.05, 0.1) is 16.4 Å². The van der Waals surface area contributed by atoms with E-state index in [2.05, 4.69) is 75.2 Å². The molecule has 2 aromatic rings. The highest BCUT2D eigenvalue weighted by atomic mass is 79.9. The number of hydrogen-bond acceptors (Lipinski definition) is 1. The van der Waals surface area contributed by atoms with Crippen molar-refractivity contribution in [3.63, 3.8) is 0 Å². The summed E-state index contributed by atoms with van der Waals surface area (Å²) in [6.07, 6.45) is 0. The van der Waals surface area contributed by atoms with Crippen LogP contribution in [0.1, 0.15) is 21.5 Å². The normalized spacial score (nSPS) is 12.2. The fraction of sp³-hybridized carbons (Fsp3) is 0.200. The van der Waals surface area contributed by atoms with Crippen LogP contribution in [0, 0.1) is 6.92 Å². The van der Waals surface area contributed by atoms with E-state index in [9.17, 15) is 0 Å². The number of rotatable bonds is 3. The Morgan fingerprint density at radius 3 is 2.44 bits per heavy atom. The van der Waals surface area contributed by atoms with Gasteiger partial charge in [-0.3, -0.25) is 0 Å². The molecule has 1 atom stereocenters. The van der Waals surface area contributed by atoms with Crippen molar-refractivity contribution in [1.82, 2.24) is 0 Å². The van der Waals surface area contributed by atoms with E-state index < -0.39 is 0 Å². The van der Waals surface area contributed by atoms with Crippen molar-refractivity contribution in [2.45, 2.75) is 11.8 Å². The number of hydrogen-bond donors (Lipinski definition) is 0. The highest BCUT2D eigenvalue weighted by molar-refractivity contribution is 9.10. The molecule has 1 unspecified atom stereocenters. The molecule has 3 heteroatoms. The van der Waals surface area contributed by atoms with Crippen LogP contribution in [0.4, 0.5) is 0 Å².